The van der Waals surface area contributed by atoms with Crippen molar-refractivity contribution in [2.45, 2.75) is 12.1 Å². The fourth-order valence-electron chi connectivity index (χ4n) is 3.07. The average Bonchev–Trinajstić information content (AvgIpc) is 3.18. The molecule has 1 N–H and O–H groups in total. The largest absolute Gasteiger partial charge is 0.465 e. The molecule has 0 atom stereocenters. The van der Waals surface area contributed by atoms with Crippen molar-refractivity contribution in [3.63, 3.8) is 0 Å². The maximum atomic E-state index is 11.9. The third-order valence-corrected chi connectivity index (χ3v) is 6.13. The third-order valence-electron chi connectivity index (χ3n) is 4.34. The van der Waals surface area contributed by atoms with Crippen LogP contribution in [0.4, 0.5) is 0 Å². The van der Waals surface area contributed by atoms with Crippen molar-refractivity contribution in [2.75, 3.05) is 12.4 Å². The number of esters is 1. The molecule has 0 saturated heterocycles. The second kappa shape index (κ2) is 8.63. The summed E-state index contributed by atoms with van der Waals surface area (Å²) < 4.78 is 6.84. The van der Waals surface area contributed by atoms with Crippen LogP contribution in [0.25, 0.3) is 27.0 Å². The first-order valence-electron chi connectivity index (χ1n) is 9.17. The SMILES string of the molecule is CCOC(=O)CSc1nc2scc(-c3ccccc3)c2c(=N)n1-c1ccccc1. The molecule has 0 aliphatic heterocycles. The van der Waals surface area contributed by atoms with E-state index in [-0.39, 0.29) is 11.7 Å². The first-order valence-corrected chi connectivity index (χ1v) is 11.0. The molecule has 0 aliphatic rings. The Hall–Kier alpha value is -2.90. The van der Waals surface area contributed by atoms with Crippen LogP contribution in [-0.4, -0.2) is 27.9 Å². The Morgan fingerprint density at radius 1 is 1.14 bits per heavy atom. The zero-order chi connectivity index (χ0) is 20.2. The standard InChI is InChI=1S/C22H19N3O2S2/c1-2-27-18(26)14-29-22-24-21-19(17(13-28-21)15-9-5-3-6-10-15)20(23)25(22)16-11-7-4-8-12-16/h3-13,23H,2,14H2,1H3. The highest BCUT2D eigenvalue weighted by molar-refractivity contribution is 7.99. The lowest BCUT2D eigenvalue weighted by molar-refractivity contribution is -0.139. The van der Waals surface area contributed by atoms with Gasteiger partial charge >= 0.3 is 5.97 Å². The number of carbonyl (C=O) groups excluding carboxylic acids is 1. The molecular weight excluding hydrogens is 402 g/mol. The van der Waals surface area contributed by atoms with Gasteiger partial charge in [0.25, 0.3) is 0 Å². The number of hydrogen-bond acceptors (Lipinski definition) is 6. The normalized spacial score (nSPS) is 10.9. The molecule has 2 heterocycles. The number of fused-ring (bicyclic) bond motifs is 1. The van der Waals surface area contributed by atoms with Gasteiger partial charge in [0.05, 0.1) is 17.7 Å². The van der Waals surface area contributed by atoms with Crippen molar-refractivity contribution in [1.82, 2.24) is 9.55 Å². The van der Waals surface area contributed by atoms with E-state index in [1.165, 1.54) is 23.1 Å². The van der Waals surface area contributed by atoms with Gasteiger partial charge in [-0.05, 0) is 24.6 Å². The van der Waals surface area contributed by atoms with Crippen molar-refractivity contribution in [3.05, 3.63) is 71.5 Å². The second-order valence-corrected chi connectivity index (χ2v) is 8.00. The van der Waals surface area contributed by atoms with Gasteiger partial charge in [0.2, 0.25) is 0 Å². The summed E-state index contributed by atoms with van der Waals surface area (Å²) >= 11 is 2.80. The number of aromatic nitrogens is 2. The molecule has 0 bridgehead atoms. The highest BCUT2D eigenvalue weighted by atomic mass is 32.2. The first-order chi connectivity index (χ1) is 14.2. The van der Waals surface area contributed by atoms with Crippen LogP contribution in [0.1, 0.15) is 6.92 Å². The molecular formula is C22H19N3O2S2. The zero-order valence-electron chi connectivity index (χ0n) is 15.8. The smallest absolute Gasteiger partial charge is 0.316 e. The molecule has 0 aliphatic carbocycles. The minimum atomic E-state index is -0.290. The van der Waals surface area contributed by atoms with Crippen LogP contribution in [0.3, 0.4) is 0 Å². The molecule has 0 unspecified atom stereocenters. The Labute approximate surface area is 176 Å². The van der Waals surface area contributed by atoms with E-state index in [2.05, 4.69) is 0 Å². The van der Waals surface area contributed by atoms with Gasteiger partial charge in [-0.1, -0.05) is 60.3 Å². The summed E-state index contributed by atoms with van der Waals surface area (Å²) in [6.45, 7) is 2.13. The molecule has 146 valence electrons. The minimum Gasteiger partial charge on any atom is -0.465 e. The molecule has 4 rings (SSSR count). The van der Waals surface area contributed by atoms with Crippen LogP contribution in [-0.2, 0) is 9.53 Å². The number of hydrogen-bond donors (Lipinski definition) is 1. The Morgan fingerprint density at radius 2 is 1.83 bits per heavy atom. The summed E-state index contributed by atoms with van der Waals surface area (Å²) in [5.41, 5.74) is 3.24. The summed E-state index contributed by atoms with van der Waals surface area (Å²) in [5, 5.41) is 12.4. The molecule has 0 spiro atoms. The van der Waals surface area contributed by atoms with Crippen LogP contribution >= 0.6 is 23.1 Å². The molecule has 2 aromatic heterocycles. The highest BCUT2D eigenvalue weighted by Crippen LogP contribution is 2.32. The molecule has 0 saturated carbocycles. The number of nitrogens with one attached hydrogen (secondary N) is 1. The number of thioether (sulfide) groups is 1. The minimum absolute atomic E-state index is 0.148. The monoisotopic (exact) mass is 421 g/mol. The molecule has 0 amide bonds. The lowest BCUT2D eigenvalue weighted by Crippen LogP contribution is -2.22. The molecule has 7 heteroatoms. The molecule has 2 aromatic carbocycles. The van der Waals surface area contributed by atoms with Crippen LogP contribution in [0.2, 0.25) is 0 Å². The fraction of sp³-hybridized carbons (Fsp3) is 0.136. The number of rotatable bonds is 6. The number of thiophene rings is 1. The second-order valence-electron chi connectivity index (χ2n) is 6.20. The Balaban J connectivity index is 1.89. The summed E-state index contributed by atoms with van der Waals surface area (Å²) in [6.07, 6.45) is 0. The van der Waals surface area contributed by atoms with E-state index in [4.69, 9.17) is 15.1 Å². The van der Waals surface area contributed by atoms with E-state index in [0.29, 0.717) is 17.3 Å². The topological polar surface area (TPSA) is 68.0 Å². The van der Waals surface area contributed by atoms with Gasteiger partial charge in [-0.25, -0.2) is 4.98 Å². The third kappa shape index (κ3) is 3.97. The van der Waals surface area contributed by atoms with E-state index in [1.54, 1.807) is 11.5 Å². The average molecular weight is 422 g/mol. The van der Waals surface area contributed by atoms with Gasteiger partial charge in [-0.3, -0.25) is 14.8 Å². The van der Waals surface area contributed by atoms with E-state index in [0.717, 1.165) is 27.0 Å². The number of para-hydroxylation sites is 1. The van der Waals surface area contributed by atoms with Crippen molar-refractivity contribution in [2.24, 2.45) is 0 Å². The Kier molecular flexibility index (Phi) is 5.78. The summed E-state index contributed by atoms with van der Waals surface area (Å²) in [6, 6.07) is 19.7. The number of carbonyl (C=O) groups is 1. The van der Waals surface area contributed by atoms with E-state index in [9.17, 15) is 4.79 Å². The van der Waals surface area contributed by atoms with Gasteiger partial charge in [0.1, 0.15) is 10.3 Å². The maximum absolute atomic E-state index is 11.9. The maximum Gasteiger partial charge on any atom is 0.316 e. The molecule has 4 aromatic rings. The number of ether oxygens (including phenoxy) is 1. The molecule has 5 nitrogen and oxygen atoms in total. The van der Waals surface area contributed by atoms with Gasteiger partial charge in [-0.2, -0.15) is 0 Å². The zero-order valence-corrected chi connectivity index (χ0v) is 17.4. The summed E-state index contributed by atoms with van der Waals surface area (Å²) in [4.78, 5) is 17.5. The van der Waals surface area contributed by atoms with E-state index >= 15 is 0 Å². The number of nitrogens with zero attached hydrogens (tertiary/aromatic N) is 2. The predicted octanol–water partition coefficient (Wildman–Crippen LogP) is 4.89. The van der Waals surface area contributed by atoms with Crippen molar-refractivity contribution < 1.29 is 9.53 Å². The molecule has 0 fully saturated rings. The van der Waals surface area contributed by atoms with Crippen LogP contribution < -0.4 is 5.49 Å². The quantitative estimate of drug-likeness (QED) is 0.273. The van der Waals surface area contributed by atoms with E-state index < -0.39 is 0 Å². The van der Waals surface area contributed by atoms with Crippen LogP contribution in [0.5, 0.6) is 0 Å². The van der Waals surface area contributed by atoms with Crippen molar-refractivity contribution >= 4 is 39.3 Å². The first kappa shape index (κ1) is 19.4. The van der Waals surface area contributed by atoms with Gasteiger partial charge < -0.3 is 4.74 Å². The predicted molar refractivity (Wildman–Crippen MR) is 118 cm³/mol. The Bertz CT molecular complexity index is 1200. The molecule has 0 radical (unpaired) electrons. The Morgan fingerprint density at radius 3 is 2.52 bits per heavy atom. The van der Waals surface area contributed by atoms with Gasteiger partial charge in [0, 0.05) is 16.6 Å². The van der Waals surface area contributed by atoms with E-state index in [1.807, 2.05) is 66.0 Å². The van der Waals surface area contributed by atoms with Crippen LogP contribution in [0, 0.1) is 5.41 Å². The van der Waals surface area contributed by atoms with Crippen molar-refractivity contribution in [3.8, 4) is 16.8 Å². The fourth-order valence-corrected chi connectivity index (χ4v) is 4.89. The lowest BCUT2D eigenvalue weighted by Gasteiger charge is -2.14. The van der Waals surface area contributed by atoms with Crippen LogP contribution in [0.15, 0.2) is 71.2 Å². The van der Waals surface area contributed by atoms with Gasteiger partial charge in [-0.15, -0.1) is 11.3 Å². The summed E-state index contributed by atoms with van der Waals surface area (Å²) in [7, 11) is 0. The highest BCUT2D eigenvalue weighted by Gasteiger charge is 2.17. The van der Waals surface area contributed by atoms with Gasteiger partial charge in [0.15, 0.2) is 5.16 Å². The lowest BCUT2D eigenvalue weighted by atomic mass is 10.1. The summed E-state index contributed by atoms with van der Waals surface area (Å²) in [5.74, 6) is -0.142. The molecule has 29 heavy (non-hydrogen) atoms. The van der Waals surface area contributed by atoms with Crippen molar-refractivity contribution in [1.29, 1.82) is 5.41 Å². The number of benzene rings is 2.